The summed E-state index contributed by atoms with van der Waals surface area (Å²) in [4.78, 5) is 0. The topological polar surface area (TPSA) is 75.5 Å². The summed E-state index contributed by atoms with van der Waals surface area (Å²) in [6, 6.07) is 61.8. The first kappa shape index (κ1) is 32.2. The molecule has 0 spiro atoms. The molecular formula is C52H31N5O. The van der Waals surface area contributed by atoms with Crippen LogP contribution in [0.3, 0.4) is 0 Å². The van der Waals surface area contributed by atoms with E-state index in [1.54, 1.807) is 0 Å². The largest absolute Gasteiger partial charge is 0.454 e. The highest BCUT2D eigenvalue weighted by Crippen LogP contribution is 2.40. The van der Waals surface area contributed by atoms with E-state index >= 15 is 0 Å². The monoisotopic (exact) mass is 741 g/mol. The Bertz CT molecular complexity index is 3710. The maximum Gasteiger partial charge on any atom is 0.159 e. The van der Waals surface area contributed by atoms with Crippen LogP contribution in [0.1, 0.15) is 16.7 Å². The Labute approximate surface area is 331 Å². The van der Waals surface area contributed by atoms with Crippen molar-refractivity contribution < 1.29 is 4.42 Å². The van der Waals surface area contributed by atoms with Gasteiger partial charge in [-0.2, -0.15) is 10.5 Å². The van der Waals surface area contributed by atoms with Crippen LogP contribution in [0, 0.1) is 22.7 Å². The van der Waals surface area contributed by atoms with Gasteiger partial charge in [-0.05, 0) is 103 Å². The van der Waals surface area contributed by atoms with Crippen LogP contribution in [0.25, 0.3) is 98.7 Å². The fourth-order valence-corrected chi connectivity index (χ4v) is 9.45. The number of para-hydroxylation sites is 4. The molecule has 0 amide bonds. The summed E-state index contributed by atoms with van der Waals surface area (Å²) in [6.07, 6.45) is 0.861. The van der Waals surface area contributed by atoms with Gasteiger partial charge < -0.3 is 18.1 Å². The molecule has 0 aliphatic rings. The molecule has 12 rings (SSSR count). The first-order valence-electron chi connectivity index (χ1n) is 19.5. The average Bonchev–Trinajstić information content (AvgIpc) is 4.01. The summed E-state index contributed by atoms with van der Waals surface area (Å²) in [6.45, 7) is 0.815. The van der Waals surface area contributed by atoms with Crippen molar-refractivity contribution in [2.24, 2.45) is 0 Å². The van der Waals surface area contributed by atoms with E-state index in [0.29, 0.717) is 11.1 Å². The maximum absolute atomic E-state index is 9.70. The molecule has 0 aliphatic heterocycles. The predicted molar refractivity (Wildman–Crippen MR) is 235 cm³/mol. The minimum absolute atomic E-state index is 0.595. The Morgan fingerprint density at radius 2 is 0.983 bits per heavy atom. The van der Waals surface area contributed by atoms with Crippen LogP contribution in [0.4, 0.5) is 0 Å². The average molecular weight is 742 g/mol. The third-order valence-corrected chi connectivity index (χ3v) is 12.0. The molecule has 4 aromatic heterocycles. The zero-order valence-corrected chi connectivity index (χ0v) is 31.1. The number of nitrogens with zero attached hydrogens (tertiary/aromatic N) is 5. The summed E-state index contributed by atoms with van der Waals surface area (Å²) >= 11 is 0. The smallest absolute Gasteiger partial charge is 0.159 e. The van der Waals surface area contributed by atoms with Crippen LogP contribution in [0.5, 0.6) is 0 Å². The van der Waals surface area contributed by atoms with E-state index in [1.165, 1.54) is 38.1 Å². The predicted octanol–water partition coefficient (Wildman–Crippen LogP) is 12.9. The van der Waals surface area contributed by atoms with E-state index < -0.39 is 0 Å². The molecule has 0 atom stereocenters. The first-order chi connectivity index (χ1) is 28.7. The lowest BCUT2D eigenvalue weighted by atomic mass is 10.1. The first-order valence-corrected chi connectivity index (χ1v) is 19.5. The number of benzene rings is 8. The zero-order valence-electron chi connectivity index (χ0n) is 31.1. The van der Waals surface area contributed by atoms with Gasteiger partial charge in [0.15, 0.2) is 5.58 Å². The SMILES string of the molecule is N#Cc1ccc2c(c1)c1cc(C#N)ccc1n2-c1ccc2c(c1)c1ccccc1n2CCc1ccc2c(c1)c1ccccc1n2-c1cccc2c1oc1ccccc12. The fourth-order valence-electron chi connectivity index (χ4n) is 9.45. The van der Waals surface area contributed by atoms with Gasteiger partial charge in [0.05, 0.1) is 51.0 Å². The van der Waals surface area contributed by atoms with E-state index in [-0.39, 0.29) is 0 Å². The second kappa shape index (κ2) is 12.2. The molecular weight excluding hydrogens is 711 g/mol. The van der Waals surface area contributed by atoms with E-state index in [2.05, 4.69) is 141 Å². The van der Waals surface area contributed by atoms with Crippen LogP contribution < -0.4 is 0 Å². The second-order valence-corrected chi connectivity index (χ2v) is 15.1. The van der Waals surface area contributed by atoms with E-state index in [0.717, 1.165) is 79.1 Å². The van der Waals surface area contributed by atoms with Crippen molar-refractivity contribution in [1.82, 2.24) is 13.7 Å². The summed E-state index contributed by atoms with van der Waals surface area (Å²) in [7, 11) is 0. The van der Waals surface area contributed by atoms with Crippen molar-refractivity contribution in [2.45, 2.75) is 13.0 Å². The number of aromatic nitrogens is 3. The molecule has 0 saturated heterocycles. The van der Waals surface area contributed by atoms with Gasteiger partial charge in [0, 0.05) is 66.4 Å². The van der Waals surface area contributed by atoms with Crippen LogP contribution in [0.2, 0.25) is 0 Å². The number of furan rings is 1. The van der Waals surface area contributed by atoms with E-state index in [9.17, 15) is 10.5 Å². The van der Waals surface area contributed by atoms with Crippen LogP contribution in [0.15, 0.2) is 168 Å². The number of aryl methyl sites for hydroxylation is 2. The van der Waals surface area contributed by atoms with Gasteiger partial charge >= 0.3 is 0 Å². The molecule has 0 N–H and O–H groups in total. The van der Waals surface area contributed by atoms with E-state index in [1.807, 2.05) is 48.5 Å². The minimum Gasteiger partial charge on any atom is -0.454 e. The summed E-state index contributed by atoms with van der Waals surface area (Å²) < 4.78 is 13.6. The van der Waals surface area contributed by atoms with Crippen LogP contribution >= 0.6 is 0 Å². The van der Waals surface area contributed by atoms with Crippen molar-refractivity contribution in [2.75, 3.05) is 0 Å². The lowest BCUT2D eigenvalue weighted by Gasteiger charge is -2.11. The molecule has 0 fully saturated rings. The third-order valence-electron chi connectivity index (χ3n) is 12.0. The Morgan fingerprint density at radius 3 is 1.74 bits per heavy atom. The Morgan fingerprint density at radius 1 is 0.431 bits per heavy atom. The highest BCUT2D eigenvalue weighted by atomic mass is 16.3. The standard InChI is InChI=1S/C52H31N5O/c53-30-33-17-21-47-41(27-33)42-28-34(31-54)18-22-48(42)56(47)35-19-23-45-43(29-35)36-8-1-4-12-44(36)55(45)25-24-32-16-20-49-40(26-32)37-9-2-5-13-46(37)57(49)50-14-7-11-39-38-10-3-6-15-51(38)58-52(39)50/h1-23,26-29H,24-25H2. The van der Waals surface area contributed by atoms with Gasteiger partial charge in [-0.15, -0.1) is 0 Å². The normalized spacial score (nSPS) is 11.9. The summed E-state index contributed by atoms with van der Waals surface area (Å²) in [5.41, 5.74) is 13.0. The fraction of sp³-hybridized carbons (Fsp3) is 0.0385. The molecule has 0 aliphatic carbocycles. The Kier molecular flexibility index (Phi) is 6.79. The molecule has 270 valence electrons. The number of fused-ring (bicyclic) bond motifs is 12. The zero-order chi connectivity index (χ0) is 38.5. The molecule has 0 unspecified atom stereocenters. The van der Waals surface area contributed by atoms with Gasteiger partial charge in [-0.25, -0.2) is 0 Å². The van der Waals surface area contributed by atoms with Gasteiger partial charge in [-0.1, -0.05) is 72.8 Å². The van der Waals surface area contributed by atoms with Crippen molar-refractivity contribution in [3.05, 3.63) is 180 Å². The van der Waals surface area contributed by atoms with Gasteiger partial charge in [0.1, 0.15) is 5.58 Å². The highest BCUT2D eigenvalue weighted by molar-refractivity contribution is 6.14. The lowest BCUT2D eigenvalue weighted by molar-refractivity contribution is 0.666. The molecule has 0 radical (unpaired) electrons. The quantitative estimate of drug-likeness (QED) is 0.176. The number of hydrogen-bond acceptors (Lipinski definition) is 3. The molecule has 0 saturated carbocycles. The van der Waals surface area contributed by atoms with Gasteiger partial charge in [0.25, 0.3) is 0 Å². The van der Waals surface area contributed by atoms with Crippen molar-refractivity contribution >= 4 is 87.4 Å². The Hall–Kier alpha value is -8.06. The molecule has 8 aromatic carbocycles. The number of nitriles is 2. The Balaban J connectivity index is 0.962. The second-order valence-electron chi connectivity index (χ2n) is 15.1. The molecule has 12 aromatic rings. The van der Waals surface area contributed by atoms with Gasteiger partial charge in [0.2, 0.25) is 0 Å². The van der Waals surface area contributed by atoms with Crippen molar-refractivity contribution in [3.63, 3.8) is 0 Å². The van der Waals surface area contributed by atoms with Crippen molar-refractivity contribution in [3.8, 4) is 23.5 Å². The number of rotatable bonds is 5. The lowest BCUT2D eigenvalue weighted by Crippen LogP contribution is -2.01. The van der Waals surface area contributed by atoms with Crippen LogP contribution in [-0.4, -0.2) is 13.7 Å². The molecule has 4 heterocycles. The third kappa shape index (κ3) is 4.58. The van der Waals surface area contributed by atoms with Gasteiger partial charge in [-0.3, -0.25) is 0 Å². The summed E-state index contributed by atoms with van der Waals surface area (Å²) in [5.74, 6) is 0. The molecule has 58 heavy (non-hydrogen) atoms. The number of hydrogen-bond donors (Lipinski definition) is 0. The summed E-state index contributed by atoms with van der Waals surface area (Å²) in [5, 5.41) is 28.4. The highest BCUT2D eigenvalue weighted by Gasteiger charge is 2.19. The molecule has 0 bridgehead atoms. The minimum atomic E-state index is 0.595. The van der Waals surface area contributed by atoms with Crippen molar-refractivity contribution in [1.29, 1.82) is 10.5 Å². The van der Waals surface area contributed by atoms with E-state index in [4.69, 9.17) is 4.42 Å². The van der Waals surface area contributed by atoms with Crippen LogP contribution in [-0.2, 0) is 13.0 Å². The maximum atomic E-state index is 9.70. The molecule has 6 heteroatoms. The molecule has 6 nitrogen and oxygen atoms in total.